The second-order valence-electron chi connectivity index (χ2n) is 4.18. The molecule has 21 heavy (non-hydrogen) atoms. The second-order valence-corrected chi connectivity index (χ2v) is 5.51. The summed E-state index contributed by atoms with van der Waals surface area (Å²) < 4.78 is 10.3. The summed E-state index contributed by atoms with van der Waals surface area (Å²) in [5.41, 5.74) is 0.632. The maximum absolute atomic E-state index is 12.1. The Labute approximate surface area is 129 Å². The van der Waals surface area contributed by atoms with E-state index in [1.54, 1.807) is 26.0 Å². The largest absolute Gasteiger partial charge is 0.492 e. The van der Waals surface area contributed by atoms with Gasteiger partial charge in [-0.1, -0.05) is 12.1 Å². The lowest BCUT2D eigenvalue weighted by Crippen LogP contribution is -2.24. The number of anilines is 1. The molecule has 5 nitrogen and oxygen atoms in total. The van der Waals surface area contributed by atoms with Crippen molar-refractivity contribution in [3.05, 3.63) is 24.3 Å². The van der Waals surface area contributed by atoms with E-state index < -0.39 is 0 Å². The molecule has 0 spiro atoms. The summed E-state index contributed by atoms with van der Waals surface area (Å²) in [7, 11) is 0. The summed E-state index contributed by atoms with van der Waals surface area (Å²) in [4.78, 5) is 23.4. The smallest absolute Gasteiger partial charge is 0.315 e. The topological polar surface area (TPSA) is 64.6 Å². The van der Waals surface area contributed by atoms with E-state index in [0.29, 0.717) is 24.7 Å². The lowest BCUT2D eigenvalue weighted by atomic mass is 10.3. The number of esters is 1. The number of rotatable bonds is 8. The molecule has 0 aliphatic rings. The molecule has 0 saturated heterocycles. The predicted octanol–water partition coefficient (Wildman–Crippen LogP) is 2.71. The van der Waals surface area contributed by atoms with Gasteiger partial charge in [-0.2, -0.15) is 0 Å². The lowest BCUT2D eigenvalue weighted by Gasteiger charge is -2.14. The molecule has 0 saturated carbocycles. The molecule has 116 valence electrons. The maximum Gasteiger partial charge on any atom is 0.315 e. The van der Waals surface area contributed by atoms with E-state index in [-0.39, 0.29) is 22.9 Å². The molecule has 0 unspecified atom stereocenters. The number of thioether (sulfide) groups is 1. The average Bonchev–Trinajstić information content (AvgIpc) is 2.47. The normalized spacial score (nSPS) is 11.6. The molecule has 1 rings (SSSR count). The van der Waals surface area contributed by atoms with Crippen LogP contribution in [0.15, 0.2) is 24.3 Å². The van der Waals surface area contributed by atoms with Gasteiger partial charge in [-0.05, 0) is 32.9 Å². The third-order valence-electron chi connectivity index (χ3n) is 2.57. The van der Waals surface area contributed by atoms with Crippen LogP contribution in [0.2, 0.25) is 0 Å². The second kappa shape index (κ2) is 9.28. The number of ether oxygens (including phenoxy) is 2. The summed E-state index contributed by atoms with van der Waals surface area (Å²) in [6, 6.07) is 7.26. The van der Waals surface area contributed by atoms with E-state index in [4.69, 9.17) is 9.47 Å². The first-order valence-corrected chi connectivity index (χ1v) is 7.93. The number of amides is 1. The van der Waals surface area contributed by atoms with Crippen LogP contribution >= 0.6 is 11.8 Å². The first-order valence-electron chi connectivity index (χ1n) is 6.88. The number of hydrogen-bond acceptors (Lipinski definition) is 5. The maximum atomic E-state index is 12.1. The standard InChI is InChI=1S/C15H21NO4S/c1-4-19-13-9-7-6-8-12(13)16-15(18)11(3)21-10-14(17)20-5-2/h6-9,11H,4-5,10H2,1-3H3,(H,16,18)/t11-/m0/s1. The number of hydrogen-bond donors (Lipinski definition) is 1. The monoisotopic (exact) mass is 311 g/mol. The number of benzene rings is 1. The minimum absolute atomic E-state index is 0.162. The van der Waals surface area contributed by atoms with Crippen LogP contribution < -0.4 is 10.1 Å². The quantitative estimate of drug-likeness (QED) is 0.748. The van der Waals surface area contributed by atoms with E-state index in [0.717, 1.165) is 0 Å². The van der Waals surface area contributed by atoms with Crippen molar-refractivity contribution in [2.75, 3.05) is 24.3 Å². The zero-order valence-corrected chi connectivity index (χ0v) is 13.4. The minimum Gasteiger partial charge on any atom is -0.492 e. The summed E-state index contributed by atoms with van der Waals surface area (Å²) >= 11 is 1.24. The average molecular weight is 311 g/mol. The van der Waals surface area contributed by atoms with Gasteiger partial charge in [0.15, 0.2) is 0 Å². The van der Waals surface area contributed by atoms with Gasteiger partial charge in [0, 0.05) is 0 Å². The predicted molar refractivity (Wildman–Crippen MR) is 84.8 cm³/mol. The molecular weight excluding hydrogens is 290 g/mol. The highest BCUT2D eigenvalue weighted by Crippen LogP contribution is 2.24. The van der Waals surface area contributed by atoms with Crippen LogP contribution in [0.4, 0.5) is 5.69 Å². The fraction of sp³-hybridized carbons (Fsp3) is 0.467. The Balaban J connectivity index is 2.54. The summed E-state index contributed by atoms with van der Waals surface area (Å²) in [5.74, 6) is 0.319. The third-order valence-corrected chi connectivity index (χ3v) is 3.69. The van der Waals surface area contributed by atoms with Crippen molar-refractivity contribution >= 4 is 29.3 Å². The number of para-hydroxylation sites is 2. The third kappa shape index (κ3) is 6.08. The van der Waals surface area contributed by atoms with Gasteiger partial charge >= 0.3 is 5.97 Å². The van der Waals surface area contributed by atoms with Gasteiger partial charge in [0.25, 0.3) is 0 Å². The Hall–Kier alpha value is -1.69. The first kappa shape index (κ1) is 17.4. The molecule has 0 aromatic heterocycles. The van der Waals surface area contributed by atoms with E-state index in [1.807, 2.05) is 19.1 Å². The summed E-state index contributed by atoms with van der Waals surface area (Å²) in [6.07, 6.45) is 0. The van der Waals surface area contributed by atoms with Gasteiger partial charge in [0.2, 0.25) is 5.91 Å². The zero-order valence-electron chi connectivity index (χ0n) is 12.5. The molecule has 1 aromatic carbocycles. The molecule has 1 N–H and O–H groups in total. The Morgan fingerprint density at radius 2 is 1.95 bits per heavy atom. The molecule has 0 aliphatic carbocycles. The van der Waals surface area contributed by atoms with Gasteiger partial charge < -0.3 is 14.8 Å². The van der Waals surface area contributed by atoms with Crippen molar-refractivity contribution in [2.45, 2.75) is 26.0 Å². The van der Waals surface area contributed by atoms with Gasteiger partial charge in [-0.25, -0.2) is 0 Å². The fourth-order valence-corrected chi connectivity index (χ4v) is 2.24. The van der Waals surface area contributed by atoms with Crippen molar-refractivity contribution in [2.24, 2.45) is 0 Å². The van der Waals surface area contributed by atoms with Crippen LogP contribution in [0.1, 0.15) is 20.8 Å². The van der Waals surface area contributed by atoms with Gasteiger partial charge in [0.1, 0.15) is 5.75 Å². The number of carbonyl (C=O) groups is 2. The van der Waals surface area contributed by atoms with E-state index in [1.165, 1.54) is 11.8 Å². The van der Waals surface area contributed by atoms with E-state index in [9.17, 15) is 9.59 Å². The van der Waals surface area contributed by atoms with Crippen LogP contribution in [0, 0.1) is 0 Å². The van der Waals surface area contributed by atoms with Crippen molar-refractivity contribution in [3.8, 4) is 5.75 Å². The summed E-state index contributed by atoms with van der Waals surface area (Å²) in [6.45, 7) is 6.27. The van der Waals surface area contributed by atoms with Crippen LogP contribution in [-0.4, -0.2) is 36.1 Å². The van der Waals surface area contributed by atoms with E-state index >= 15 is 0 Å². The van der Waals surface area contributed by atoms with Crippen molar-refractivity contribution in [1.82, 2.24) is 0 Å². The van der Waals surface area contributed by atoms with Crippen LogP contribution in [0.5, 0.6) is 5.75 Å². The molecule has 0 bridgehead atoms. The Morgan fingerprint density at radius 3 is 2.62 bits per heavy atom. The van der Waals surface area contributed by atoms with Gasteiger partial charge in [-0.3, -0.25) is 9.59 Å². The SMILES string of the molecule is CCOC(=O)CS[C@@H](C)C(=O)Nc1ccccc1OCC. The Morgan fingerprint density at radius 1 is 1.24 bits per heavy atom. The lowest BCUT2D eigenvalue weighted by molar-refractivity contribution is -0.139. The zero-order chi connectivity index (χ0) is 15.7. The van der Waals surface area contributed by atoms with E-state index in [2.05, 4.69) is 5.32 Å². The molecule has 0 heterocycles. The molecule has 1 atom stereocenters. The van der Waals surface area contributed by atoms with Crippen LogP contribution in [0.3, 0.4) is 0 Å². The molecule has 0 aliphatic heterocycles. The highest BCUT2D eigenvalue weighted by Gasteiger charge is 2.17. The van der Waals surface area contributed by atoms with Crippen LogP contribution in [0.25, 0.3) is 0 Å². The molecule has 0 fully saturated rings. The first-order chi connectivity index (χ1) is 10.1. The van der Waals surface area contributed by atoms with Crippen molar-refractivity contribution in [1.29, 1.82) is 0 Å². The van der Waals surface area contributed by atoms with Crippen LogP contribution in [-0.2, 0) is 14.3 Å². The summed E-state index contributed by atoms with van der Waals surface area (Å²) in [5, 5.41) is 2.46. The van der Waals surface area contributed by atoms with Crippen molar-refractivity contribution in [3.63, 3.8) is 0 Å². The molecule has 1 aromatic rings. The Bertz CT molecular complexity index is 478. The number of carbonyl (C=O) groups excluding carboxylic acids is 2. The highest BCUT2D eigenvalue weighted by atomic mass is 32.2. The van der Waals surface area contributed by atoms with Gasteiger partial charge in [0.05, 0.1) is 29.9 Å². The fourth-order valence-electron chi connectivity index (χ4n) is 1.56. The molecule has 0 radical (unpaired) electrons. The molecule has 6 heteroatoms. The van der Waals surface area contributed by atoms with Gasteiger partial charge in [-0.15, -0.1) is 11.8 Å². The Kier molecular flexibility index (Phi) is 7.68. The molecule has 1 amide bonds. The molecular formula is C15H21NO4S. The number of nitrogens with one attached hydrogen (secondary N) is 1. The van der Waals surface area contributed by atoms with Crippen molar-refractivity contribution < 1.29 is 19.1 Å². The highest BCUT2D eigenvalue weighted by molar-refractivity contribution is 8.01. The minimum atomic E-state index is -0.357.